The lowest BCUT2D eigenvalue weighted by atomic mass is 9.74. The number of hydrogen-bond donors (Lipinski definition) is 1. The maximum absolute atomic E-state index is 14.8. The molecule has 4 nitrogen and oxygen atoms in total. The maximum Gasteiger partial charge on any atom is 0.341 e. The number of carbonyl (C=O) groups is 1. The van der Waals surface area contributed by atoms with Gasteiger partial charge >= 0.3 is 5.97 Å². The molecule has 182 valence electrons. The summed E-state index contributed by atoms with van der Waals surface area (Å²) >= 11 is 6.28. The molecule has 3 aromatic rings. The summed E-state index contributed by atoms with van der Waals surface area (Å²) in [6.07, 6.45) is -0.716. The summed E-state index contributed by atoms with van der Waals surface area (Å²) in [4.78, 5) is 11.1. The molecule has 1 N–H and O–H groups in total. The molecule has 0 unspecified atom stereocenters. The van der Waals surface area contributed by atoms with Crippen LogP contribution in [0.4, 0.5) is 8.78 Å². The van der Waals surface area contributed by atoms with Crippen molar-refractivity contribution in [3.05, 3.63) is 112 Å². The van der Waals surface area contributed by atoms with Crippen molar-refractivity contribution >= 4 is 17.6 Å². The number of rotatable bonds is 7. The van der Waals surface area contributed by atoms with Gasteiger partial charge in [0.2, 0.25) is 0 Å². The van der Waals surface area contributed by atoms with E-state index >= 15 is 0 Å². The normalized spacial score (nSPS) is 21.9. The van der Waals surface area contributed by atoms with Crippen LogP contribution in [0.3, 0.4) is 0 Å². The fourth-order valence-corrected chi connectivity index (χ4v) is 4.90. The summed E-state index contributed by atoms with van der Waals surface area (Å²) in [5.41, 5.74) is 2.75. The number of aliphatic carboxylic acids is 1. The highest BCUT2D eigenvalue weighted by Crippen LogP contribution is 2.53. The van der Waals surface area contributed by atoms with Gasteiger partial charge in [-0.1, -0.05) is 60.2 Å². The fraction of sp³-hybridized carbons (Fsp3) is 0.250. The lowest BCUT2D eigenvalue weighted by molar-refractivity contribution is -0.139. The molecule has 35 heavy (non-hydrogen) atoms. The van der Waals surface area contributed by atoms with E-state index in [0.717, 1.165) is 11.1 Å². The van der Waals surface area contributed by atoms with Gasteiger partial charge in [-0.3, -0.25) is 0 Å². The van der Waals surface area contributed by atoms with Gasteiger partial charge in [-0.05, 0) is 54.8 Å². The molecule has 0 aliphatic carbocycles. The van der Waals surface area contributed by atoms with Crippen molar-refractivity contribution in [3.8, 4) is 5.75 Å². The standard InChI is InChI=1S/C28H25ClF2O4/c1-16(2)22-14-23(17-6-3-8-19(29)12-17)26(18-7-4-9-20(30)13-18)35-27(22)21-10-5-11-24(31)28(21)34-15-25(32)33/h3-13,22-23,26-27H,1,14-15H2,2H3,(H,32,33)/t22-,23-,26+,27-/m1/s1. The van der Waals surface area contributed by atoms with Gasteiger partial charge in [0.25, 0.3) is 0 Å². The predicted octanol–water partition coefficient (Wildman–Crippen LogP) is 7.26. The minimum Gasteiger partial charge on any atom is -0.479 e. The molecular formula is C28H25ClF2O4. The van der Waals surface area contributed by atoms with Crippen molar-refractivity contribution in [2.45, 2.75) is 31.5 Å². The molecule has 3 aromatic carbocycles. The van der Waals surface area contributed by atoms with Gasteiger partial charge in [0.15, 0.2) is 18.2 Å². The Morgan fingerprint density at radius 3 is 2.49 bits per heavy atom. The van der Waals surface area contributed by atoms with Crippen molar-refractivity contribution in [3.63, 3.8) is 0 Å². The molecule has 1 fully saturated rings. The lowest BCUT2D eigenvalue weighted by Crippen LogP contribution is -2.32. The van der Waals surface area contributed by atoms with E-state index in [4.69, 9.17) is 26.2 Å². The third-order valence-electron chi connectivity index (χ3n) is 6.26. The van der Waals surface area contributed by atoms with Gasteiger partial charge < -0.3 is 14.6 Å². The van der Waals surface area contributed by atoms with Crippen molar-refractivity contribution in [1.82, 2.24) is 0 Å². The maximum atomic E-state index is 14.8. The molecule has 7 heteroatoms. The zero-order chi connectivity index (χ0) is 25.1. The van der Waals surface area contributed by atoms with Crippen LogP contribution in [0.2, 0.25) is 5.02 Å². The SMILES string of the molecule is C=C(C)[C@H]1C[C@H](c2cccc(Cl)c2)[C@H](c2cccc(F)c2)O[C@@H]1c1cccc(F)c1OCC(=O)O. The molecule has 4 atom stereocenters. The Bertz CT molecular complexity index is 1250. The smallest absolute Gasteiger partial charge is 0.341 e. The second kappa shape index (κ2) is 10.6. The van der Waals surface area contributed by atoms with Gasteiger partial charge in [-0.2, -0.15) is 0 Å². The van der Waals surface area contributed by atoms with Crippen molar-refractivity contribution in [2.24, 2.45) is 5.92 Å². The summed E-state index contributed by atoms with van der Waals surface area (Å²) < 4.78 is 41.0. The Hall–Kier alpha value is -3.22. The Balaban J connectivity index is 1.82. The van der Waals surface area contributed by atoms with Gasteiger partial charge in [0, 0.05) is 22.4 Å². The number of benzene rings is 3. The highest BCUT2D eigenvalue weighted by Gasteiger charge is 2.42. The first-order chi connectivity index (χ1) is 16.7. The number of para-hydroxylation sites is 1. The van der Waals surface area contributed by atoms with Gasteiger partial charge in [0.05, 0.1) is 12.2 Å². The summed E-state index contributed by atoms with van der Waals surface area (Å²) in [6, 6.07) is 18.0. The van der Waals surface area contributed by atoms with Crippen LogP contribution in [0.1, 0.15) is 48.2 Å². The summed E-state index contributed by atoms with van der Waals surface area (Å²) in [7, 11) is 0. The first-order valence-corrected chi connectivity index (χ1v) is 11.6. The number of carboxylic acids is 1. The quantitative estimate of drug-likeness (QED) is 0.348. The van der Waals surface area contributed by atoms with Crippen LogP contribution in [0.15, 0.2) is 78.9 Å². The van der Waals surface area contributed by atoms with Crippen LogP contribution in [0.25, 0.3) is 0 Å². The predicted molar refractivity (Wildman–Crippen MR) is 130 cm³/mol. The number of ether oxygens (including phenoxy) is 2. The number of carboxylic acid groups (broad SMARTS) is 1. The molecule has 0 saturated carbocycles. The molecule has 0 aromatic heterocycles. The second-order valence-corrected chi connectivity index (χ2v) is 9.16. The molecule has 0 amide bonds. The average molecular weight is 499 g/mol. The van der Waals surface area contributed by atoms with Gasteiger partial charge in [-0.25, -0.2) is 13.6 Å². The number of halogens is 3. The molecular weight excluding hydrogens is 474 g/mol. The zero-order valence-electron chi connectivity index (χ0n) is 19.1. The highest BCUT2D eigenvalue weighted by molar-refractivity contribution is 6.30. The average Bonchev–Trinajstić information content (AvgIpc) is 2.82. The van der Waals surface area contributed by atoms with Crippen molar-refractivity contribution < 1.29 is 28.2 Å². The summed E-state index contributed by atoms with van der Waals surface area (Å²) in [5, 5.41) is 9.64. The molecule has 0 spiro atoms. The van der Waals surface area contributed by atoms with Crippen LogP contribution < -0.4 is 4.74 Å². The first-order valence-electron chi connectivity index (χ1n) is 11.2. The molecule has 0 bridgehead atoms. The Kier molecular flexibility index (Phi) is 7.53. The molecule has 1 aliphatic heterocycles. The van der Waals surface area contributed by atoms with E-state index in [1.165, 1.54) is 24.3 Å². The largest absolute Gasteiger partial charge is 0.479 e. The molecule has 0 radical (unpaired) electrons. The van der Waals surface area contributed by atoms with E-state index in [1.54, 1.807) is 24.3 Å². The summed E-state index contributed by atoms with van der Waals surface area (Å²) in [6.45, 7) is 5.32. The molecule has 4 rings (SSSR count). The lowest BCUT2D eigenvalue weighted by Gasteiger charge is -2.43. The Morgan fingerprint density at radius 2 is 1.80 bits per heavy atom. The van der Waals surface area contributed by atoms with E-state index in [9.17, 15) is 13.6 Å². The van der Waals surface area contributed by atoms with Crippen LogP contribution in [-0.2, 0) is 9.53 Å². The van der Waals surface area contributed by atoms with Gasteiger partial charge in [0.1, 0.15) is 5.82 Å². The van der Waals surface area contributed by atoms with E-state index < -0.39 is 36.4 Å². The first kappa shape index (κ1) is 24.9. The monoisotopic (exact) mass is 498 g/mol. The fourth-order valence-electron chi connectivity index (χ4n) is 4.70. The Morgan fingerprint density at radius 1 is 1.09 bits per heavy atom. The highest BCUT2D eigenvalue weighted by atomic mass is 35.5. The molecule has 1 aliphatic rings. The van der Waals surface area contributed by atoms with E-state index in [2.05, 4.69) is 6.58 Å². The Labute approximate surface area is 207 Å². The zero-order valence-corrected chi connectivity index (χ0v) is 19.8. The number of hydrogen-bond acceptors (Lipinski definition) is 3. The molecule has 1 heterocycles. The van der Waals surface area contributed by atoms with Crippen molar-refractivity contribution in [2.75, 3.05) is 6.61 Å². The third kappa shape index (κ3) is 5.55. The van der Waals surface area contributed by atoms with E-state index in [-0.39, 0.29) is 17.6 Å². The minimum atomic E-state index is -1.22. The van der Waals surface area contributed by atoms with E-state index in [1.807, 2.05) is 25.1 Å². The summed E-state index contributed by atoms with van der Waals surface area (Å²) in [5.74, 6) is -2.93. The third-order valence-corrected chi connectivity index (χ3v) is 6.50. The second-order valence-electron chi connectivity index (χ2n) is 8.72. The van der Waals surface area contributed by atoms with E-state index in [0.29, 0.717) is 22.6 Å². The van der Waals surface area contributed by atoms with Crippen LogP contribution in [0, 0.1) is 17.6 Å². The van der Waals surface area contributed by atoms with Crippen LogP contribution >= 0.6 is 11.6 Å². The topological polar surface area (TPSA) is 55.8 Å². The van der Waals surface area contributed by atoms with Crippen LogP contribution in [0.5, 0.6) is 5.75 Å². The van der Waals surface area contributed by atoms with Gasteiger partial charge in [-0.15, -0.1) is 0 Å². The minimum absolute atomic E-state index is 0.176. The van der Waals surface area contributed by atoms with Crippen LogP contribution in [-0.4, -0.2) is 17.7 Å². The van der Waals surface area contributed by atoms with Crippen molar-refractivity contribution in [1.29, 1.82) is 0 Å². The molecule has 1 saturated heterocycles.